The van der Waals surface area contributed by atoms with E-state index in [0.29, 0.717) is 10.8 Å². The van der Waals surface area contributed by atoms with Gasteiger partial charge in [0.15, 0.2) is 9.84 Å². The molecule has 0 radical (unpaired) electrons. The van der Waals surface area contributed by atoms with Crippen LogP contribution in [0.3, 0.4) is 0 Å². The zero-order chi connectivity index (χ0) is 16.6. The molecule has 3 atom stereocenters. The first-order chi connectivity index (χ1) is 11.0. The summed E-state index contributed by atoms with van der Waals surface area (Å²) in [5, 5.41) is 9.06. The molecule has 1 aliphatic rings. The molecule has 2 aromatic rings. The van der Waals surface area contributed by atoms with E-state index < -0.39 is 21.0 Å². The van der Waals surface area contributed by atoms with Gasteiger partial charge in [0.05, 0.1) is 29.2 Å². The smallest absolute Gasteiger partial charge is 0.183 e. The second kappa shape index (κ2) is 5.88. The summed E-state index contributed by atoms with van der Waals surface area (Å²) in [5.74, 6) is -0.157. The van der Waals surface area contributed by atoms with Crippen molar-refractivity contribution in [3.05, 3.63) is 59.1 Å². The molecule has 1 saturated carbocycles. The van der Waals surface area contributed by atoms with Gasteiger partial charge in [-0.3, -0.25) is 0 Å². The van der Waals surface area contributed by atoms with Crippen molar-refractivity contribution in [2.24, 2.45) is 5.92 Å². The van der Waals surface area contributed by atoms with E-state index >= 15 is 0 Å². The molecular weight excluding hydrogens is 334 g/mol. The fourth-order valence-electron chi connectivity index (χ4n) is 2.83. The zero-order valence-corrected chi connectivity index (χ0v) is 13.9. The highest BCUT2D eigenvalue weighted by Crippen LogP contribution is 2.53. The van der Waals surface area contributed by atoms with E-state index in [2.05, 4.69) is 6.07 Å². The van der Waals surface area contributed by atoms with Crippen molar-refractivity contribution in [3.63, 3.8) is 0 Å². The third kappa shape index (κ3) is 2.80. The second-order valence-corrected chi connectivity index (χ2v) is 7.96. The number of ether oxygens (including phenoxy) is 1. The van der Waals surface area contributed by atoms with Crippen molar-refractivity contribution in [2.75, 3.05) is 7.11 Å². The average Bonchev–Trinajstić information content (AvgIpc) is 3.31. The lowest BCUT2D eigenvalue weighted by Crippen LogP contribution is -2.10. The van der Waals surface area contributed by atoms with E-state index in [-0.39, 0.29) is 10.8 Å². The molecule has 0 bridgehead atoms. The Morgan fingerprint density at radius 1 is 1.09 bits per heavy atom. The van der Waals surface area contributed by atoms with E-state index in [9.17, 15) is 13.7 Å². The summed E-state index contributed by atoms with van der Waals surface area (Å²) in [6.07, 6.45) is 0. The molecule has 0 heterocycles. The van der Waals surface area contributed by atoms with Crippen LogP contribution in [-0.2, 0) is 9.84 Å². The molecule has 1 aliphatic carbocycles. The molecule has 0 saturated heterocycles. The van der Waals surface area contributed by atoms with Crippen LogP contribution in [-0.4, -0.2) is 20.8 Å². The number of hydrogen-bond acceptors (Lipinski definition) is 4. The summed E-state index contributed by atoms with van der Waals surface area (Å²) >= 11 is 5.81. The number of benzene rings is 2. The van der Waals surface area contributed by atoms with Crippen molar-refractivity contribution in [2.45, 2.75) is 16.1 Å². The fraction of sp³-hybridized carbons (Fsp3) is 0.235. The van der Waals surface area contributed by atoms with Gasteiger partial charge in [0.1, 0.15) is 5.75 Å². The predicted molar refractivity (Wildman–Crippen MR) is 87.3 cm³/mol. The monoisotopic (exact) mass is 347 g/mol. The van der Waals surface area contributed by atoms with Crippen LogP contribution in [0.4, 0.5) is 0 Å². The van der Waals surface area contributed by atoms with Crippen LogP contribution < -0.4 is 4.74 Å². The SMILES string of the molecule is COc1ccc([C@H]2[C@@H](C#N)[C@@H]2S(=O)(=O)c2ccc(Cl)cc2)cc1. The third-order valence-corrected chi connectivity index (χ3v) is 6.59. The van der Waals surface area contributed by atoms with Crippen LogP contribution in [0.25, 0.3) is 0 Å². The molecule has 3 rings (SSSR count). The largest absolute Gasteiger partial charge is 0.497 e. The van der Waals surface area contributed by atoms with E-state index in [1.807, 2.05) is 12.1 Å². The molecule has 4 nitrogen and oxygen atoms in total. The van der Waals surface area contributed by atoms with E-state index in [1.54, 1.807) is 31.4 Å². The molecule has 0 aliphatic heterocycles. The number of nitriles is 1. The summed E-state index contributed by atoms with van der Waals surface area (Å²) in [7, 11) is -2.00. The molecule has 0 amide bonds. The fourth-order valence-corrected chi connectivity index (χ4v) is 5.02. The van der Waals surface area contributed by atoms with Gasteiger partial charge in [0.25, 0.3) is 0 Å². The van der Waals surface area contributed by atoms with Gasteiger partial charge in [0.2, 0.25) is 0 Å². The Bertz CT molecular complexity index is 854. The van der Waals surface area contributed by atoms with Gasteiger partial charge in [-0.25, -0.2) is 8.42 Å². The van der Waals surface area contributed by atoms with Gasteiger partial charge >= 0.3 is 0 Å². The standard InChI is InChI=1S/C17H14ClNO3S/c1-22-13-6-2-11(3-7-13)16-15(10-19)17(16)23(20,21)14-8-4-12(18)5-9-14/h2-9,15-17H,1H3/t15-,16+,17+/m1/s1. The maximum absolute atomic E-state index is 12.8. The van der Waals surface area contributed by atoms with Crippen LogP contribution in [0, 0.1) is 17.2 Å². The summed E-state index contributed by atoms with van der Waals surface area (Å²) in [4.78, 5) is 0.197. The Balaban J connectivity index is 1.92. The first-order valence-corrected chi connectivity index (χ1v) is 8.94. The lowest BCUT2D eigenvalue weighted by molar-refractivity contribution is 0.414. The number of halogens is 1. The van der Waals surface area contributed by atoms with E-state index in [1.165, 1.54) is 12.1 Å². The summed E-state index contributed by atoms with van der Waals surface area (Å²) in [6.45, 7) is 0. The average molecular weight is 348 g/mol. The molecule has 6 heteroatoms. The Morgan fingerprint density at radius 3 is 2.22 bits per heavy atom. The zero-order valence-electron chi connectivity index (χ0n) is 12.3. The second-order valence-electron chi connectivity index (χ2n) is 5.42. The van der Waals surface area contributed by atoms with Gasteiger partial charge < -0.3 is 4.74 Å². The molecule has 2 aromatic carbocycles. The minimum atomic E-state index is -3.57. The molecule has 0 unspecified atom stereocenters. The van der Waals surface area contributed by atoms with Crippen molar-refractivity contribution < 1.29 is 13.2 Å². The maximum atomic E-state index is 12.8. The summed E-state index contributed by atoms with van der Waals surface area (Å²) in [6, 6.07) is 15.3. The van der Waals surface area contributed by atoms with E-state index in [4.69, 9.17) is 16.3 Å². The molecule has 1 fully saturated rings. The van der Waals surface area contributed by atoms with Crippen LogP contribution >= 0.6 is 11.6 Å². The van der Waals surface area contributed by atoms with Crippen molar-refractivity contribution in [1.82, 2.24) is 0 Å². The van der Waals surface area contributed by atoms with Gasteiger partial charge in [-0.05, 0) is 42.0 Å². The first kappa shape index (κ1) is 15.9. The van der Waals surface area contributed by atoms with Crippen molar-refractivity contribution in [3.8, 4) is 11.8 Å². The lowest BCUT2D eigenvalue weighted by Gasteiger charge is -2.05. The topological polar surface area (TPSA) is 67.2 Å². The van der Waals surface area contributed by atoms with E-state index in [0.717, 1.165) is 5.56 Å². The van der Waals surface area contributed by atoms with Crippen LogP contribution in [0.5, 0.6) is 5.75 Å². The number of nitrogens with zero attached hydrogens (tertiary/aromatic N) is 1. The van der Waals surface area contributed by atoms with Crippen molar-refractivity contribution in [1.29, 1.82) is 5.26 Å². The Kier molecular flexibility index (Phi) is 4.05. The van der Waals surface area contributed by atoms with Gasteiger partial charge in [-0.2, -0.15) is 5.26 Å². The van der Waals surface area contributed by atoms with Gasteiger partial charge in [-0.15, -0.1) is 0 Å². The van der Waals surface area contributed by atoms with Crippen molar-refractivity contribution >= 4 is 21.4 Å². The highest BCUT2D eigenvalue weighted by Gasteiger charge is 2.59. The number of methoxy groups -OCH3 is 1. The molecule has 0 aromatic heterocycles. The number of hydrogen-bond donors (Lipinski definition) is 0. The van der Waals surface area contributed by atoms with Crippen LogP contribution in [0.1, 0.15) is 11.5 Å². The molecular formula is C17H14ClNO3S. The Hall–Kier alpha value is -2.03. The Morgan fingerprint density at radius 2 is 1.70 bits per heavy atom. The summed E-state index contributed by atoms with van der Waals surface area (Å²) < 4.78 is 30.6. The molecule has 0 N–H and O–H groups in total. The number of rotatable bonds is 4. The highest BCUT2D eigenvalue weighted by molar-refractivity contribution is 7.92. The predicted octanol–water partition coefficient (Wildman–Crippen LogP) is 3.43. The summed E-state index contributed by atoms with van der Waals surface area (Å²) in [5.41, 5.74) is 0.833. The normalized spacial score (nSPS) is 23.1. The molecule has 0 spiro atoms. The minimum Gasteiger partial charge on any atom is -0.497 e. The maximum Gasteiger partial charge on any atom is 0.183 e. The van der Waals surface area contributed by atoms with Crippen LogP contribution in [0.2, 0.25) is 5.02 Å². The minimum absolute atomic E-state index is 0.197. The Labute approximate surface area is 140 Å². The third-order valence-electron chi connectivity index (χ3n) is 4.10. The molecule has 118 valence electrons. The first-order valence-electron chi connectivity index (χ1n) is 7.02. The highest BCUT2D eigenvalue weighted by atomic mass is 35.5. The van der Waals surface area contributed by atoms with Gasteiger partial charge in [0, 0.05) is 10.9 Å². The van der Waals surface area contributed by atoms with Gasteiger partial charge in [-0.1, -0.05) is 23.7 Å². The number of sulfone groups is 1. The quantitative estimate of drug-likeness (QED) is 0.849. The van der Waals surface area contributed by atoms with Crippen LogP contribution in [0.15, 0.2) is 53.4 Å². The molecule has 23 heavy (non-hydrogen) atoms. The lowest BCUT2D eigenvalue weighted by atomic mass is 10.1.